The van der Waals surface area contributed by atoms with Crippen LogP contribution in [0.1, 0.15) is 37.2 Å². The van der Waals surface area contributed by atoms with E-state index in [1.165, 1.54) is 4.90 Å². The molecule has 2 atom stereocenters. The lowest BCUT2D eigenvalue weighted by Gasteiger charge is -2.45. The third-order valence-electron chi connectivity index (χ3n) is 6.11. The van der Waals surface area contributed by atoms with Crippen LogP contribution < -0.4 is 11.1 Å². The molecule has 1 saturated carbocycles. The minimum atomic E-state index is -4.29. The van der Waals surface area contributed by atoms with Gasteiger partial charge >= 0.3 is 12.2 Å². The minimum Gasteiger partial charge on any atom is -0.351 e. The monoisotopic (exact) mass is 423 g/mol. The number of piperazine rings is 1. The molecule has 0 spiro atoms. The molecule has 1 aromatic rings. The standard InChI is InChI=1S/C19H23F6N3O/c20-13-7-11(8-14(21)17(13)22)16(15-9-27-5-6-28(15)18(26)29)10-1-3-12(4-2-10)19(23,24)25/h7-8,10,12,15-16,27H,1-6,9H2,(H2,26,29)/t10?,12?,15?,16-/m1/s1. The number of hydrogen-bond donors (Lipinski definition) is 2. The highest BCUT2D eigenvalue weighted by molar-refractivity contribution is 5.72. The molecule has 4 nitrogen and oxygen atoms in total. The molecule has 0 radical (unpaired) electrons. The molecule has 2 aliphatic rings. The molecule has 2 amide bonds. The van der Waals surface area contributed by atoms with Gasteiger partial charge in [0.1, 0.15) is 0 Å². The van der Waals surface area contributed by atoms with Gasteiger partial charge in [0.05, 0.1) is 12.0 Å². The second-order valence-electron chi connectivity index (χ2n) is 7.78. The summed E-state index contributed by atoms with van der Waals surface area (Å²) in [4.78, 5) is 13.3. The predicted molar refractivity (Wildman–Crippen MR) is 93.5 cm³/mol. The number of nitrogens with zero attached hydrogens (tertiary/aromatic N) is 1. The van der Waals surface area contributed by atoms with Crippen LogP contribution in [0.3, 0.4) is 0 Å². The van der Waals surface area contributed by atoms with Crippen LogP contribution in [0.25, 0.3) is 0 Å². The lowest BCUT2D eigenvalue weighted by Crippen LogP contribution is -2.58. The lowest BCUT2D eigenvalue weighted by atomic mass is 9.70. The molecular formula is C19H23F6N3O. The maximum atomic E-state index is 13.9. The average molecular weight is 423 g/mol. The van der Waals surface area contributed by atoms with Crippen LogP contribution in [-0.4, -0.2) is 42.8 Å². The van der Waals surface area contributed by atoms with Crippen molar-refractivity contribution in [3.8, 4) is 0 Å². The Hall–Kier alpha value is -1.97. The summed E-state index contributed by atoms with van der Waals surface area (Å²) >= 11 is 0. The van der Waals surface area contributed by atoms with Gasteiger partial charge < -0.3 is 16.0 Å². The van der Waals surface area contributed by atoms with Crippen LogP contribution in [0, 0.1) is 29.3 Å². The number of primary amides is 1. The van der Waals surface area contributed by atoms with E-state index in [9.17, 15) is 31.1 Å². The summed E-state index contributed by atoms with van der Waals surface area (Å²) in [5.74, 6) is -6.80. The van der Waals surface area contributed by atoms with Crippen molar-refractivity contribution in [2.75, 3.05) is 19.6 Å². The fraction of sp³-hybridized carbons (Fsp3) is 0.632. The van der Waals surface area contributed by atoms with Crippen molar-refractivity contribution in [1.82, 2.24) is 10.2 Å². The number of halogens is 6. The molecular weight excluding hydrogens is 400 g/mol. The quantitative estimate of drug-likeness (QED) is 0.572. The lowest BCUT2D eigenvalue weighted by molar-refractivity contribution is -0.184. The van der Waals surface area contributed by atoms with Crippen LogP contribution in [-0.2, 0) is 0 Å². The van der Waals surface area contributed by atoms with E-state index in [0.29, 0.717) is 6.54 Å². The van der Waals surface area contributed by atoms with Gasteiger partial charge in [0.25, 0.3) is 0 Å². The summed E-state index contributed by atoms with van der Waals surface area (Å²) in [7, 11) is 0. The second-order valence-corrected chi connectivity index (χ2v) is 7.78. The average Bonchev–Trinajstić information content (AvgIpc) is 2.66. The van der Waals surface area contributed by atoms with Gasteiger partial charge in [-0.2, -0.15) is 13.2 Å². The molecule has 29 heavy (non-hydrogen) atoms. The molecule has 1 heterocycles. The van der Waals surface area contributed by atoms with Gasteiger partial charge in [0.15, 0.2) is 17.5 Å². The van der Waals surface area contributed by atoms with Gasteiger partial charge in [-0.3, -0.25) is 0 Å². The van der Waals surface area contributed by atoms with Crippen LogP contribution in [0.15, 0.2) is 12.1 Å². The molecule has 1 aromatic carbocycles. The number of carbonyl (C=O) groups excluding carboxylic acids is 1. The van der Waals surface area contributed by atoms with Crippen molar-refractivity contribution >= 4 is 6.03 Å². The van der Waals surface area contributed by atoms with Gasteiger partial charge in [-0.05, 0) is 49.3 Å². The van der Waals surface area contributed by atoms with Gasteiger partial charge in [-0.1, -0.05) is 0 Å². The van der Waals surface area contributed by atoms with Gasteiger partial charge in [0.2, 0.25) is 0 Å². The van der Waals surface area contributed by atoms with Crippen molar-refractivity contribution in [2.45, 2.75) is 43.8 Å². The van der Waals surface area contributed by atoms with E-state index in [2.05, 4.69) is 5.32 Å². The minimum absolute atomic E-state index is 0.104. The van der Waals surface area contributed by atoms with Crippen LogP contribution in [0.5, 0.6) is 0 Å². The number of nitrogens with two attached hydrogens (primary N) is 1. The summed E-state index contributed by atoms with van der Waals surface area (Å²) in [6, 6.07) is 0.422. The first-order valence-electron chi connectivity index (χ1n) is 9.57. The first kappa shape index (κ1) is 21.7. The Balaban J connectivity index is 1.95. The fourth-order valence-corrected chi connectivity index (χ4v) is 4.70. The van der Waals surface area contributed by atoms with Crippen molar-refractivity contribution in [2.24, 2.45) is 17.6 Å². The van der Waals surface area contributed by atoms with Crippen molar-refractivity contribution in [3.05, 3.63) is 35.1 Å². The second kappa shape index (κ2) is 8.41. The zero-order chi connectivity index (χ0) is 21.3. The zero-order valence-corrected chi connectivity index (χ0v) is 15.6. The van der Waals surface area contributed by atoms with Crippen LogP contribution in [0.2, 0.25) is 0 Å². The normalized spacial score (nSPS) is 27.0. The summed E-state index contributed by atoms with van der Waals surface area (Å²) < 4.78 is 80.5. The van der Waals surface area contributed by atoms with Crippen LogP contribution in [0.4, 0.5) is 31.1 Å². The molecule has 1 aliphatic heterocycles. The van der Waals surface area contributed by atoms with Crippen molar-refractivity contribution in [1.29, 1.82) is 0 Å². The first-order chi connectivity index (χ1) is 13.6. The van der Waals surface area contributed by atoms with Gasteiger partial charge in [-0.15, -0.1) is 0 Å². The Morgan fingerprint density at radius 2 is 1.69 bits per heavy atom. The molecule has 1 saturated heterocycles. The number of alkyl halides is 3. The Bertz CT molecular complexity index is 725. The highest BCUT2D eigenvalue weighted by Crippen LogP contribution is 2.46. The number of rotatable bonds is 3. The third-order valence-corrected chi connectivity index (χ3v) is 6.11. The largest absolute Gasteiger partial charge is 0.391 e. The SMILES string of the molecule is NC(=O)N1CCNCC1[C@@H](c1cc(F)c(F)c(F)c1)C1CCC(C(F)(F)F)CC1. The van der Waals surface area contributed by atoms with Gasteiger partial charge in [-0.25, -0.2) is 18.0 Å². The van der Waals surface area contributed by atoms with Crippen LogP contribution >= 0.6 is 0 Å². The van der Waals surface area contributed by atoms with Crippen molar-refractivity contribution < 1.29 is 31.1 Å². The molecule has 0 bridgehead atoms. The highest BCUT2D eigenvalue weighted by Gasteiger charge is 2.45. The maximum absolute atomic E-state index is 13.9. The van der Waals surface area contributed by atoms with E-state index in [0.717, 1.165) is 12.1 Å². The maximum Gasteiger partial charge on any atom is 0.391 e. The zero-order valence-electron chi connectivity index (χ0n) is 15.6. The Labute approximate surface area is 164 Å². The summed E-state index contributed by atoms with van der Waals surface area (Å²) in [6.45, 7) is 1.01. The molecule has 0 aromatic heterocycles. The van der Waals surface area contributed by atoms with Gasteiger partial charge in [0, 0.05) is 25.6 Å². The Kier molecular flexibility index (Phi) is 6.30. The topological polar surface area (TPSA) is 58.4 Å². The third kappa shape index (κ3) is 4.62. The first-order valence-corrected chi connectivity index (χ1v) is 9.57. The van der Waals surface area contributed by atoms with E-state index < -0.39 is 47.5 Å². The number of hydrogen-bond acceptors (Lipinski definition) is 2. The highest BCUT2D eigenvalue weighted by atomic mass is 19.4. The van der Waals surface area contributed by atoms with E-state index in [4.69, 9.17) is 5.73 Å². The number of benzene rings is 1. The van der Waals surface area contributed by atoms with E-state index in [-0.39, 0.29) is 50.3 Å². The summed E-state index contributed by atoms with van der Waals surface area (Å²) in [5.41, 5.74) is 5.59. The number of nitrogens with one attached hydrogen (secondary N) is 1. The molecule has 3 rings (SSSR count). The Morgan fingerprint density at radius 3 is 2.21 bits per heavy atom. The number of amides is 2. The molecule has 162 valence electrons. The Morgan fingerprint density at radius 1 is 1.10 bits per heavy atom. The summed E-state index contributed by atoms with van der Waals surface area (Å²) in [5, 5.41) is 3.09. The smallest absolute Gasteiger partial charge is 0.351 e. The molecule has 10 heteroatoms. The molecule has 1 unspecified atom stereocenters. The van der Waals surface area contributed by atoms with E-state index in [1.54, 1.807) is 0 Å². The van der Waals surface area contributed by atoms with E-state index >= 15 is 0 Å². The predicted octanol–water partition coefficient (Wildman–Crippen LogP) is 3.91. The fourth-order valence-electron chi connectivity index (χ4n) is 4.70. The van der Waals surface area contributed by atoms with E-state index in [1.807, 2.05) is 0 Å². The number of urea groups is 1. The molecule has 1 aliphatic carbocycles. The molecule has 2 fully saturated rings. The van der Waals surface area contributed by atoms with Crippen molar-refractivity contribution in [3.63, 3.8) is 0 Å². The summed E-state index contributed by atoms with van der Waals surface area (Å²) in [6.07, 6.45) is -4.14. The number of carbonyl (C=O) groups is 1. The molecule has 3 N–H and O–H groups in total.